The average Bonchev–Trinajstić information content (AvgIpc) is 2.66. The van der Waals surface area contributed by atoms with Gasteiger partial charge in [-0.2, -0.15) is 0 Å². The first kappa shape index (κ1) is 13.5. The van der Waals surface area contributed by atoms with E-state index in [0.29, 0.717) is 35.7 Å². The molecule has 0 atom stereocenters. The Labute approximate surface area is 114 Å². The van der Waals surface area contributed by atoms with Crippen LogP contribution in [0.2, 0.25) is 0 Å². The summed E-state index contributed by atoms with van der Waals surface area (Å²) in [7, 11) is 0. The van der Waals surface area contributed by atoms with E-state index in [1.165, 1.54) is 4.57 Å². The standard InChI is InChI=1S/C12H14Cl2N2O2/c13-7-5-12(15,6-8-14)16-9-3-1-2-4-10(9)18-11(16)17/h1-4H,5-8,15H2. The molecule has 0 aliphatic rings. The fourth-order valence-electron chi connectivity index (χ4n) is 2.06. The van der Waals surface area contributed by atoms with Crippen molar-refractivity contribution in [2.24, 2.45) is 5.73 Å². The van der Waals surface area contributed by atoms with Crippen LogP contribution in [0.4, 0.5) is 0 Å². The monoisotopic (exact) mass is 288 g/mol. The predicted molar refractivity (Wildman–Crippen MR) is 73.3 cm³/mol. The Balaban J connectivity index is 2.63. The minimum absolute atomic E-state index is 0.347. The molecule has 98 valence electrons. The average molecular weight is 289 g/mol. The number of hydrogen-bond acceptors (Lipinski definition) is 3. The molecular formula is C12H14Cl2N2O2. The minimum Gasteiger partial charge on any atom is -0.408 e. The summed E-state index contributed by atoms with van der Waals surface area (Å²) in [6, 6.07) is 7.16. The van der Waals surface area contributed by atoms with Crippen LogP contribution in [0.5, 0.6) is 0 Å². The summed E-state index contributed by atoms with van der Waals surface area (Å²) in [5.74, 6) is 0.215. The third kappa shape index (κ3) is 2.28. The van der Waals surface area contributed by atoms with Crippen molar-refractivity contribution in [3.05, 3.63) is 34.8 Å². The molecule has 1 heterocycles. The summed E-state index contributed by atoms with van der Waals surface area (Å²) in [4.78, 5) is 12.0. The largest absolute Gasteiger partial charge is 0.421 e. The van der Waals surface area contributed by atoms with Crippen LogP contribution in [-0.2, 0) is 5.66 Å². The third-order valence-electron chi connectivity index (χ3n) is 2.99. The maximum Gasteiger partial charge on any atom is 0.421 e. The molecule has 0 radical (unpaired) electrons. The molecule has 2 N–H and O–H groups in total. The van der Waals surface area contributed by atoms with Crippen molar-refractivity contribution in [3.8, 4) is 0 Å². The van der Waals surface area contributed by atoms with E-state index < -0.39 is 11.4 Å². The van der Waals surface area contributed by atoms with Gasteiger partial charge in [-0.15, -0.1) is 23.2 Å². The number of oxazole rings is 1. The lowest BCUT2D eigenvalue weighted by Crippen LogP contribution is -2.48. The molecule has 0 unspecified atom stereocenters. The van der Waals surface area contributed by atoms with Crippen molar-refractivity contribution in [1.29, 1.82) is 0 Å². The Morgan fingerprint density at radius 3 is 2.44 bits per heavy atom. The summed E-state index contributed by atoms with van der Waals surface area (Å²) in [5, 5.41) is 0. The van der Waals surface area contributed by atoms with Crippen LogP contribution in [-0.4, -0.2) is 16.3 Å². The zero-order valence-electron chi connectivity index (χ0n) is 9.73. The second kappa shape index (κ2) is 5.34. The van der Waals surface area contributed by atoms with Crippen LogP contribution in [0.15, 0.2) is 33.5 Å². The van der Waals surface area contributed by atoms with Gasteiger partial charge in [0, 0.05) is 11.8 Å². The number of halogens is 2. The van der Waals surface area contributed by atoms with Crippen molar-refractivity contribution in [2.75, 3.05) is 11.8 Å². The van der Waals surface area contributed by atoms with E-state index in [1.807, 2.05) is 6.07 Å². The van der Waals surface area contributed by atoms with Gasteiger partial charge in [-0.25, -0.2) is 4.79 Å². The first-order chi connectivity index (χ1) is 8.62. The molecule has 2 rings (SSSR count). The SMILES string of the molecule is NC(CCCl)(CCCl)n1c(=O)oc2ccccc21. The molecule has 0 aliphatic carbocycles. The van der Waals surface area contributed by atoms with Crippen molar-refractivity contribution in [1.82, 2.24) is 4.57 Å². The van der Waals surface area contributed by atoms with Gasteiger partial charge >= 0.3 is 5.76 Å². The number of hydrogen-bond donors (Lipinski definition) is 1. The zero-order chi connectivity index (χ0) is 13.2. The van der Waals surface area contributed by atoms with E-state index in [4.69, 9.17) is 33.4 Å². The molecule has 18 heavy (non-hydrogen) atoms. The first-order valence-electron chi connectivity index (χ1n) is 5.64. The van der Waals surface area contributed by atoms with E-state index in [0.717, 1.165) is 0 Å². The molecule has 0 saturated heterocycles. The smallest absolute Gasteiger partial charge is 0.408 e. The topological polar surface area (TPSA) is 61.2 Å². The Kier molecular flexibility index (Phi) is 4.00. The van der Waals surface area contributed by atoms with Gasteiger partial charge in [0.15, 0.2) is 5.58 Å². The van der Waals surface area contributed by atoms with Crippen LogP contribution >= 0.6 is 23.2 Å². The van der Waals surface area contributed by atoms with Crippen LogP contribution in [0.3, 0.4) is 0 Å². The number of rotatable bonds is 5. The summed E-state index contributed by atoms with van der Waals surface area (Å²) >= 11 is 11.5. The number of para-hydroxylation sites is 2. The number of aromatic nitrogens is 1. The van der Waals surface area contributed by atoms with Gasteiger partial charge in [0.05, 0.1) is 5.52 Å². The molecule has 0 spiro atoms. The quantitative estimate of drug-likeness (QED) is 0.860. The van der Waals surface area contributed by atoms with Gasteiger partial charge in [0.1, 0.15) is 5.66 Å². The molecule has 0 bridgehead atoms. The van der Waals surface area contributed by atoms with E-state index >= 15 is 0 Å². The van der Waals surface area contributed by atoms with E-state index in [1.54, 1.807) is 18.2 Å². The lowest BCUT2D eigenvalue weighted by molar-refractivity contribution is 0.261. The maximum atomic E-state index is 12.0. The summed E-state index contributed by atoms with van der Waals surface area (Å²) < 4.78 is 6.63. The summed E-state index contributed by atoms with van der Waals surface area (Å²) in [5.41, 5.74) is 6.56. The number of benzene rings is 1. The van der Waals surface area contributed by atoms with Crippen LogP contribution < -0.4 is 11.5 Å². The zero-order valence-corrected chi connectivity index (χ0v) is 11.2. The molecular weight excluding hydrogens is 275 g/mol. The molecule has 6 heteroatoms. The highest BCUT2D eigenvalue weighted by Crippen LogP contribution is 2.24. The first-order valence-corrected chi connectivity index (χ1v) is 6.71. The van der Waals surface area contributed by atoms with E-state index in [9.17, 15) is 4.79 Å². The van der Waals surface area contributed by atoms with Crippen LogP contribution in [0.1, 0.15) is 12.8 Å². The Morgan fingerprint density at radius 1 is 1.22 bits per heavy atom. The summed E-state index contributed by atoms with van der Waals surface area (Å²) in [6.45, 7) is 0. The van der Waals surface area contributed by atoms with Gasteiger partial charge in [0.2, 0.25) is 0 Å². The van der Waals surface area contributed by atoms with Crippen LogP contribution in [0.25, 0.3) is 11.1 Å². The molecule has 4 nitrogen and oxygen atoms in total. The van der Waals surface area contributed by atoms with Gasteiger partial charge in [-0.3, -0.25) is 4.57 Å². The maximum absolute atomic E-state index is 12.0. The molecule has 0 fully saturated rings. The molecule has 1 aromatic heterocycles. The third-order valence-corrected chi connectivity index (χ3v) is 3.36. The fraction of sp³-hybridized carbons (Fsp3) is 0.417. The van der Waals surface area contributed by atoms with Crippen molar-refractivity contribution in [3.63, 3.8) is 0 Å². The van der Waals surface area contributed by atoms with Gasteiger partial charge in [-0.05, 0) is 25.0 Å². The molecule has 0 amide bonds. The summed E-state index contributed by atoms with van der Waals surface area (Å²) in [6.07, 6.45) is 0.898. The number of nitrogens with two attached hydrogens (primary N) is 1. The Hall–Kier alpha value is -0.970. The lowest BCUT2D eigenvalue weighted by atomic mass is 10.0. The number of nitrogens with zero attached hydrogens (tertiary/aromatic N) is 1. The highest BCUT2D eigenvalue weighted by molar-refractivity contribution is 6.18. The Bertz CT molecular complexity index is 585. The number of alkyl halides is 2. The van der Waals surface area contributed by atoms with Crippen molar-refractivity contribution in [2.45, 2.75) is 18.5 Å². The minimum atomic E-state index is -0.910. The lowest BCUT2D eigenvalue weighted by Gasteiger charge is -2.29. The van der Waals surface area contributed by atoms with E-state index in [-0.39, 0.29) is 0 Å². The molecule has 2 aromatic rings. The van der Waals surface area contributed by atoms with Crippen molar-refractivity contribution >= 4 is 34.3 Å². The molecule has 0 aliphatic heterocycles. The second-order valence-corrected chi connectivity index (χ2v) is 4.91. The van der Waals surface area contributed by atoms with Gasteiger partial charge in [-0.1, -0.05) is 12.1 Å². The highest BCUT2D eigenvalue weighted by atomic mass is 35.5. The van der Waals surface area contributed by atoms with Gasteiger partial charge < -0.3 is 10.2 Å². The van der Waals surface area contributed by atoms with E-state index in [2.05, 4.69) is 0 Å². The fourth-order valence-corrected chi connectivity index (χ4v) is 2.72. The molecule has 1 aromatic carbocycles. The number of fused-ring (bicyclic) bond motifs is 1. The Morgan fingerprint density at radius 2 is 1.83 bits per heavy atom. The molecule has 0 saturated carbocycles. The predicted octanol–water partition coefficient (Wildman–Crippen LogP) is 2.46. The normalized spacial score (nSPS) is 12.2. The highest BCUT2D eigenvalue weighted by Gasteiger charge is 2.30. The van der Waals surface area contributed by atoms with Crippen LogP contribution in [0, 0.1) is 0 Å². The second-order valence-electron chi connectivity index (χ2n) is 4.15. The van der Waals surface area contributed by atoms with Gasteiger partial charge in [0.25, 0.3) is 0 Å². The van der Waals surface area contributed by atoms with Crippen molar-refractivity contribution < 1.29 is 4.42 Å².